The van der Waals surface area contributed by atoms with Gasteiger partial charge in [-0.15, -0.1) is 0 Å². The Kier molecular flexibility index (Phi) is 4.18. The Bertz CT molecular complexity index is 875. The molecule has 0 radical (unpaired) electrons. The Hall–Kier alpha value is -3.36. The van der Waals surface area contributed by atoms with E-state index < -0.39 is 5.91 Å². The van der Waals surface area contributed by atoms with Crippen molar-refractivity contribution in [1.29, 1.82) is 0 Å². The number of nitrogens with one attached hydrogen (secondary N) is 1. The number of carbonyl (C=O) groups excluding carboxylic acids is 1. The normalized spacial score (nSPS) is 9.78. The van der Waals surface area contributed by atoms with E-state index in [1.165, 1.54) is 6.20 Å². The van der Waals surface area contributed by atoms with E-state index in [4.69, 9.17) is 5.21 Å². The first-order valence-corrected chi connectivity index (χ1v) is 6.94. The molecular weight excluding hydrogens is 290 g/mol. The van der Waals surface area contributed by atoms with Crippen molar-refractivity contribution in [3.63, 3.8) is 0 Å². The van der Waals surface area contributed by atoms with Crippen molar-refractivity contribution in [2.24, 2.45) is 0 Å². The molecule has 112 valence electrons. The predicted molar refractivity (Wildman–Crippen MR) is 85.2 cm³/mol. The van der Waals surface area contributed by atoms with Crippen LogP contribution in [0, 0.1) is 11.8 Å². The quantitative estimate of drug-likeness (QED) is 0.434. The first-order chi connectivity index (χ1) is 11.3. The standard InChI is InChI=1S/C18H13N3O2/c22-18(20-23)16-13-19-21(15-9-5-2-6-10-15)17(16)12-11-14-7-3-1-4-8-14/h1-10,13,23H,(H,20,22). The lowest BCUT2D eigenvalue weighted by Crippen LogP contribution is -2.19. The third kappa shape index (κ3) is 3.12. The fourth-order valence-electron chi connectivity index (χ4n) is 2.11. The molecule has 0 unspecified atom stereocenters. The molecule has 0 saturated carbocycles. The number of carbonyl (C=O) groups is 1. The molecule has 2 N–H and O–H groups in total. The van der Waals surface area contributed by atoms with Crippen LogP contribution in [0.15, 0.2) is 66.9 Å². The van der Waals surface area contributed by atoms with Gasteiger partial charge in [0.1, 0.15) is 5.69 Å². The van der Waals surface area contributed by atoms with Gasteiger partial charge in [0.15, 0.2) is 0 Å². The van der Waals surface area contributed by atoms with Gasteiger partial charge in [-0.1, -0.05) is 42.3 Å². The van der Waals surface area contributed by atoms with Crippen LogP contribution >= 0.6 is 0 Å². The molecule has 0 aliphatic heterocycles. The first kappa shape index (κ1) is 14.6. The predicted octanol–water partition coefficient (Wildman–Crippen LogP) is 2.39. The first-order valence-electron chi connectivity index (χ1n) is 6.94. The summed E-state index contributed by atoms with van der Waals surface area (Å²) in [5.74, 6) is 5.33. The van der Waals surface area contributed by atoms with Crippen molar-refractivity contribution in [3.05, 3.63) is 83.7 Å². The Labute approximate surface area is 133 Å². The molecule has 0 saturated heterocycles. The third-order valence-electron chi connectivity index (χ3n) is 3.22. The van der Waals surface area contributed by atoms with Crippen molar-refractivity contribution in [3.8, 4) is 17.5 Å². The van der Waals surface area contributed by atoms with Gasteiger partial charge in [-0.3, -0.25) is 10.0 Å². The highest BCUT2D eigenvalue weighted by atomic mass is 16.5. The summed E-state index contributed by atoms with van der Waals surface area (Å²) >= 11 is 0. The van der Waals surface area contributed by atoms with Crippen LogP contribution in [0.4, 0.5) is 0 Å². The molecule has 23 heavy (non-hydrogen) atoms. The highest BCUT2D eigenvalue weighted by Gasteiger charge is 2.16. The lowest BCUT2D eigenvalue weighted by Gasteiger charge is -2.04. The SMILES string of the molecule is O=C(NO)c1cnn(-c2ccccc2)c1C#Cc1ccccc1. The summed E-state index contributed by atoms with van der Waals surface area (Å²) < 4.78 is 1.57. The smallest absolute Gasteiger partial charge is 0.279 e. The van der Waals surface area contributed by atoms with Gasteiger partial charge in [-0.05, 0) is 30.2 Å². The van der Waals surface area contributed by atoms with Gasteiger partial charge in [-0.2, -0.15) is 5.10 Å². The number of aromatic nitrogens is 2. The summed E-state index contributed by atoms with van der Waals surface area (Å²) in [5.41, 5.74) is 3.84. The zero-order valence-electron chi connectivity index (χ0n) is 12.1. The van der Waals surface area contributed by atoms with Crippen molar-refractivity contribution in [2.45, 2.75) is 0 Å². The summed E-state index contributed by atoms with van der Waals surface area (Å²) in [6, 6.07) is 18.8. The third-order valence-corrected chi connectivity index (χ3v) is 3.22. The second-order valence-electron chi connectivity index (χ2n) is 4.71. The number of nitrogens with zero attached hydrogens (tertiary/aromatic N) is 2. The van der Waals surface area contributed by atoms with Crippen LogP contribution in [0.2, 0.25) is 0 Å². The summed E-state index contributed by atoms with van der Waals surface area (Å²) in [6.07, 6.45) is 1.38. The van der Waals surface area contributed by atoms with Crippen molar-refractivity contribution in [1.82, 2.24) is 15.3 Å². The highest BCUT2D eigenvalue weighted by molar-refractivity contribution is 5.95. The van der Waals surface area contributed by atoms with Crippen molar-refractivity contribution >= 4 is 5.91 Å². The fraction of sp³-hybridized carbons (Fsp3) is 0. The minimum atomic E-state index is -0.649. The van der Waals surface area contributed by atoms with Gasteiger partial charge < -0.3 is 0 Å². The van der Waals surface area contributed by atoms with Gasteiger partial charge in [-0.25, -0.2) is 10.2 Å². The van der Waals surface area contributed by atoms with Crippen molar-refractivity contribution in [2.75, 3.05) is 0 Å². The molecule has 1 amide bonds. The number of hydrogen-bond donors (Lipinski definition) is 2. The zero-order valence-corrected chi connectivity index (χ0v) is 12.1. The summed E-state index contributed by atoms with van der Waals surface area (Å²) in [7, 11) is 0. The van der Waals surface area contributed by atoms with Gasteiger partial charge in [0.2, 0.25) is 0 Å². The average molecular weight is 303 g/mol. The molecule has 0 atom stereocenters. The molecule has 0 aliphatic carbocycles. The van der Waals surface area contributed by atoms with E-state index in [-0.39, 0.29) is 5.56 Å². The highest BCUT2D eigenvalue weighted by Crippen LogP contribution is 2.14. The summed E-state index contributed by atoms with van der Waals surface area (Å²) in [6.45, 7) is 0. The Morgan fingerprint density at radius 2 is 1.65 bits per heavy atom. The van der Waals surface area contributed by atoms with E-state index >= 15 is 0 Å². The molecule has 5 nitrogen and oxygen atoms in total. The monoisotopic (exact) mass is 303 g/mol. The molecular formula is C18H13N3O2. The molecule has 3 aromatic rings. The molecule has 2 aromatic carbocycles. The largest absolute Gasteiger partial charge is 0.288 e. The van der Waals surface area contributed by atoms with E-state index in [1.54, 1.807) is 10.2 Å². The van der Waals surface area contributed by atoms with Crippen molar-refractivity contribution < 1.29 is 10.0 Å². The van der Waals surface area contributed by atoms with E-state index in [0.29, 0.717) is 5.69 Å². The molecule has 3 rings (SSSR count). The second-order valence-corrected chi connectivity index (χ2v) is 4.71. The summed E-state index contributed by atoms with van der Waals surface area (Å²) in [5, 5.41) is 13.1. The minimum Gasteiger partial charge on any atom is -0.288 e. The molecule has 5 heteroatoms. The van der Waals surface area contributed by atoms with E-state index in [0.717, 1.165) is 11.3 Å². The second kappa shape index (κ2) is 6.60. The molecule has 0 spiro atoms. The molecule has 0 fully saturated rings. The van der Waals surface area contributed by atoms with E-state index in [2.05, 4.69) is 16.9 Å². The Balaban J connectivity index is 2.11. The average Bonchev–Trinajstić information content (AvgIpc) is 3.05. The van der Waals surface area contributed by atoms with Crippen LogP contribution in [-0.4, -0.2) is 20.9 Å². The van der Waals surface area contributed by atoms with Crippen LogP contribution in [0.5, 0.6) is 0 Å². The van der Waals surface area contributed by atoms with Crippen LogP contribution in [0.1, 0.15) is 21.6 Å². The fourth-order valence-corrected chi connectivity index (χ4v) is 2.11. The van der Waals surface area contributed by atoms with Crippen LogP contribution in [-0.2, 0) is 0 Å². The van der Waals surface area contributed by atoms with Gasteiger partial charge in [0, 0.05) is 5.56 Å². The lowest BCUT2D eigenvalue weighted by atomic mass is 10.2. The Morgan fingerprint density at radius 3 is 2.30 bits per heavy atom. The maximum atomic E-state index is 11.8. The number of para-hydroxylation sites is 1. The zero-order chi connectivity index (χ0) is 16.1. The van der Waals surface area contributed by atoms with Crippen LogP contribution < -0.4 is 5.48 Å². The van der Waals surface area contributed by atoms with Crippen LogP contribution in [0.25, 0.3) is 5.69 Å². The van der Waals surface area contributed by atoms with Gasteiger partial charge in [0.05, 0.1) is 17.4 Å². The Morgan fingerprint density at radius 1 is 1.00 bits per heavy atom. The molecule has 1 heterocycles. The lowest BCUT2D eigenvalue weighted by molar-refractivity contribution is 0.0706. The van der Waals surface area contributed by atoms with Gasteiger partial charge >= 0.3 is 0 Å². The molecule has 1 aromatic heterocycles. The van der Waals surface area contributed by atoms with Gasteiger partial charge in [0.25, 0.3) is 5.91 Å². The number of hydroxylamine groups is 1. The van der Waals surface area contributed by atoms with Crippen LogP contribution in [0.3, 0.4) is 0 Å². The number of benzene rings is 2. The maximum Gasteiger partial charge on any atom is 0.279 e. The summed E-state index contributed by atoms with van der Waals surface area (Å²) in [4.78, 5) is 11.8. The maximum absolute atomic E-state index is 11.8. The topological polar surface area (TPSA) is 67.2 Å². The molecule has 0 bridgehead atoms. The molecule has 0 aliphatic rings. The van der Waals surface area contributed by atoms with E-state index in [1.807, 2.05) is 60.7 Å². The van der Waals surface area contributed by atoms with E-state index in [9.17, 15) is 4.79 Å². The number of hydrogen-bond acceptors (Lipinski definition) is 3. The number of rotatable bonds is 2. The minimum absolute atomic E-state index is 0.208. The number of amides is 1.